The van der Waals surface area contributed by atoms with Crippen molar-refractivity contribution in [2.75, 3.05) is 19.8 Å². The zero-order valence-corrected chi connectivity index (χ0v) is 5.60. The summed E-state index contributed by atoms with van der Waals surface area (Å²) in [6, 6.07) is 0. The summed E-state index contributed by atoms with van der Waals surface area (Å²) in [7, 11) is 0. The summed E-state index contributed by atoms with van der Waals surface area (Å²) in [6.45, 7) is 3.41. The van der Waals surface area contributed by atoms with Crippen LogP contribution in [0.4, 0.5) is 0 Å². The van der Waals surface area contributed by atoms with Gasteiger partial charge in [0.2, 0.25) is 0 Å². The summed E-state index contributed by atoms with van der Waals surface area (Å²) in [5.41, 5.74) is 0. The minimum Gasteiger partial charge on any atom is -0.302 e. The molecule has 0 aromatic heterocycles. The Hall–Kier alpha value is 0.650. The van der Waals surface area contributed by atoms with Crippen LogP contribution in [-0.2, 0) is 0 Å². The van der Waals surface area contributed by atoms with Crippen LogP contribution in [0.25, 0.3) is 0 Å². The van der Waals surface area contributed by atoms with Crippen molar-refractivity contribution in [1.29, 1.82) is 0 Å². The minimum atomic E-state index is 1.06. The zero-order valence-electron chi connectivity index (χ0n) is 3.45. The van der Waals surface area contributed by atoms with Gasteiger partial charge in [-0.1, -0.05) is 0 Å². The van der Waals surface area contributed by atoms with Crippen LogP contribution in [-0.4, -0.2) is 22.9 Å². The van der Waals surface area contributed by atoms with Crippen LogP contribution in [0.2, 0.25) is 0 Å². The second kappa shape index (κ2) is 2.09. The molecule has 1 rings (SSSR count). The highest BCUT2D eigenvalue weighted by atomic mass is 127. The summed E-state index contributed by atoms with van der Waals surface area (Å²) >= 11 is 2.30. The number of halogens is 1. The normalized spacial score (nSPS) is 25.5. The van der Waals surface area contributed by atoms with E-state index in [9.17, 15) is 0 Å². The Morgan fingerprint density at radius 1 is 1.67 bits per heavy atom. The first-order valence-electron chi connectivity index (χ1n) is 2.01. The van der Waals surface area contributed by atoms with E-state index in [0.717, 1.165) is 13.2 Å². The van der Waals surface area contributed by atoms with E-state index in [0.29, 0.717) is 0 Å². The molecule has 1 N–H and O–H groups in total. The smallest absolute Gasteiger partial charge is 0.0574 e. The molecule has 2 nitrogen and oxygen atoms in total. The van der Waals surface area contributed by atoms with E-state index >= 15 is 0 Å². The molecule has 0 saturated carbocycles. The lowest BCUT2D eigenvalue weighted by atomic mass is 10.7. The quantitative estimate of drug-likeness (QED) is 0.441. The summed E-state index contributed by atoms with van der Waals surface area (Å²) in [4.78, 5) is 0. The average molecular weight is 198 g/mol. The third-order valence-corrected chi connectivity index (χ3v) is 1.64. The van der Waals surface area contributed by atoms with Gasteiger partial charge in [-0.2, -0.15) is 0 Å². The van der Waals surface area contributed by atoms with Crippen molar-refractivity contribution >= 4 is 22.9 Å². The average Bonchev–Trinajstić information content (AvgIpc) is 1.86. The lowest BCUT2D eigenvalue weighted by Gasteiger charge is -1.96. The van der Waals surface area contributed by atoms with Gasteiger partial charge < -0.3 is 5.32 Å². The topological polar surface area (TPSA) is 15.3 Å². The van der Waals surface area contributed by atoms with Gasteiger partial charge in [-0.15, -0.1) is 0 Å². The van der Waals surface area contributed by atoms with Gasteiger partial charge in [0.25, 0.3) is 0 Å². The Balaban J connectivity index is 2.18. The van der Waals surface area contributed by atoms with Crippen LogP contribution in [0.1, 0.15) is 0 Å². The first kappa shape index (κ1) is 4.80. The molecule has 6 heavy (non-hydrogen) atoms. The monoisotopic (exact) mass is 198 g/mol. The van der Waals surface area contributed by atoms with Crippen molar-refractivity contribution in [1.82, 2.24) is 8.43 Å². The van der Waals surface area contributed by atoms with Crippen LogP contribution < -0.4 is 5.32 Å². The molecule has 1 aliphatic heterocycles. The summed E-state index contributed by atoms with van der Waals surface area (Å²) in [6.07, 6.45) is 0. The molecule has 0 bridgehead atoms. The maximum Gasteiger partial charge on any atom is 0.0574 e. The van der Waals surface area contributed by atoms with Crippen LogP contribution in [0, 0.1) is 0 Å². The highest BCUT2D eigenvalue weighted by Gasteiger charge is 2.03. The van der Waals surface area contributed by atoms with E-state index in [4.69, 9.17) is 0 Å². The maximum atomic E-state index is 3.19. The minimum absolute atomic E-state index is 1.06. The standard InChI is InChI=1S/C3H7IN2/c4-6-2-1-5-3-6/h5H,1-3H2. The number of hydrogen-bond donors (Lipinski definition) is 1. The van der Waals surface area contributed by atoms with Gasteiger partial charge in [-0.25, -0.2) is 3.11 Å². The molecular formula is C3H7IN2. The molecule has 1 saturated heterocycles. The molecule has 0 atom stereocenters. The Morgan fingerprint density at radius 3 is 2.67 bits per heavy atom. The molecule has 0 unspecified atom stereocenters. The van der Waals surface area contributed by atoms with E-state index < -0.39 is 0 Å². The predicted molar refractivity (Wildman–Crippen MR) is 33.6 cm³/mol. The predicted octanol–water partition coefficient (Wildman–Crippen LogP) is 0.199. The SMILES string of the molecule is IN1CCNC1. The Labute approximate surface area is 51.4 Å². The molecule has 36 valence electrons. The van der Waals surface area contributed by atoms with Crippen molar-refractivity contribution < 1.29 is 0 Å². The van der Waals surface area contributed by atoms with E-state index in [2.05, 4.69) is 31.3 Å². The van der Waals surface area contributed by atoms with E-state index in [1.165, 1.54) is 6.54 Å². The highest BCUT2D eigenvalue weighted by molar-refractivity contribution is 14.1. The second-order valence-corrected chi connectivity index (χ2v) is 2.71. The number of nitrogens with zero attached hydrogens (tertiary/aromatic N) is 1. The lowest BCUT2D eigenvalue weighted by molar-refractivity contribution is 0.622. The van der Waals surface area contributed by atoms with E-state index in [1.807, 2.05) is 0 Å². The zero-order chi connectivity index (χ0) is 4.41. The maximum absolute atomic E-state index is 3.19. The molecule has 0 aromatic rings. The molecule has 0 aliphatic carbocycles. The second-order valence-electron chi connectivity index (χ2n) is 1.34. The van der Waals surface area contributed by atoms with Crippen molar-refractivity contribution in [3.63, 3.8) is 0 Å². The molecule has 1 heterocycles. The molecule has 0 amide bonds. The van der Waals surface area contributed by atoms with Crippen LogP contribution in [0.5, 0.6) is 0 Å². The van der Waals surface area contributed by atoms with Gasteiger partial charge in [-0.3, -0.25) is 0 Å². The van der Waals surface area contributed by atoms with Crippen LogP contribution in [0.3, 0.4) is 0 Å². The number of nitrogens with one attached hydrogen (secondary N) is 1. The van der Waals surface area contributed by atoms with Gasteiger partial charge in [0.15, 0.2) is 0 Å². The van der Waals surface area contributed by atoms with Crippen LogP contribution >= 0.6 is 22.9 Å². The molecule has 1 aliphatic rings. The summed E-state index contributed by atoms with van der Waals surface area (Å²) in [5.74, 6) is 0. The fraction of sp³-hybridized carbons (Fsp3) is 1.00. The van der Waals surface area contributed by atoms with Gasteiger partial charge in [0.05, 0.1) is 6.67 Å². The Kier molecular flexibility index (Phi) is 1.67. The fourth-order valence-electron chi connectivity index (χ4n) is 0.480. The molecule has 0 radical (unpaired) electrons. The number of hydrogen-bond acceptors (Lipinski definition) is 2. The first-order valence-corrected chi connectivity index (χ1v) is 2.97. The Morgan fingerprint density at radius 2 is 2.50 bits per heavy atom. The number of rotatable bonds is 0. The van der Waals surface area contributed by atoms with Crippen molar-refractivity contribution in [3.05, 3.63) is 0 Å². The van der Waals surface area contributed by atoms with Crippen molar-refractivity contribution in [2.24, 2.45) is 0 Å². The Bertz CT molecular complexity index is 42.1. The van der Waals surface area contributed by atoms with Crippen molar-refractivity contribution in [3.8, 4) is 0 Å². The van der Waals surface area contributed by atoms with E-state index in [-0.39, 0.29) is 0 Å². The largest absolute Gasteiger partial charge is 0.302 e. The van der Waals surface area contributed by atoms with Gasteiger partial charge in [0.1, 0.15) is 0 Å². The molecular weight excluding hydrogens is 191 g/mol. The third-order valence-electron chi connectivity index (χ3n) is 0.815. The van der Waals surface area contributed by atoms with Crippen LogP contribution in [0.15, 0.2) is 0 Å². The molecule has 1 fully saturated rings. The molecule has 0 aromatic carbocycles. The van der Waals surface area contributed by atoms with E-state index in [1.54, 1.807) is 0 Å². The molecule has 0 spiro atoms. The summed E-state index contributed by atoms with van der Waals surface area (Å²) < 4.78 is 2.22. The first-order chi connectivity index (χ1) is 2.89. The van der Waals surface area contributed by atoms with Gasteiger partial charge in [0, 0.05) is 36.0 Å². The lowest BCUT2D eigenvalue weighted by Crippen LogP contribution is -2.09. The molecule has 3 heteroatoms. The summed E-state index contributed by atoms with van der Waals surface area (Å²) in [5, 5.41) is 3.19. The van der Waals surface area contributed by atoms with Gasteiger partial charge in [-0.05, 0) is 0 Å². The van der Waals surface area contributed by atoms with Crippen molar-refractivity contribution in [2.45, 2.75) is 0 Å². The highest BCUT2D eigenvalue weighted by Crippen LogP contribution is 1.97. The fourth-order valence-corrected chi connectivity index (χ4v) is 0.962. The van der Waals surface area contributed by atoms with Gasteiger partial charge >= 0.3 is 0 Å². The third kappa shape index (κ3) is 1.06.